The third-order valence-corrected chi connectivity index (χ3v) is 4.81. The van der Waals surface area contributed by atoms with Gasteiger partial charge in [-0.2, -0.15) is 4.83 Å². The van der Waals surface area contributed by atoms with E-state index < -0.39 is 10.0 Å². The van der Waals surface area contributed by atoms with Crippen molar-refractivity contribution in [3.63, 3.8) is 0 Å². The van der Waals surface area contributed by atoms with E-state index in [1.807, 2.05) is 6.08 Å². The summed E-state index contributed by atoms with van der Waals surface area (Å²) in [6.07, 6.45) is 2.63. The maximum absolute atomic E-state index is 13.3. The van der Waals surface area contributed by atoms with E-state index >= 15 is 0 Å². The van der Waals surface area contributed by atoms with Gasteiger partial charge in [0.15, 0.2) is 0 Å². The van der Waals surface area contributed by atoms with Gasteiger partial charge in [0.2, 0.25) is 0 Å². The molecule has 3 rings (SSSR count). The molecule has 7 heteroatoms. The lowest BCUT2D eigenvalue weighted by Gasteiger charge is -2.20. The lowest BCUT2D eigenvalue weighted by Crippen LogP contribution is -2.30. The molecule has 0 radical (unpaired) electrons. The first-order valence-corrected chi connectivity index (χ1v) is 8.44. The van der Waals surface area contributed by atoms with Crippen LogP contribution in [0.3, 0.4) is 0 Å². The van der Waals surface area contributed by atoms with Crippen LogP contribution < -0.4 is 15.4 Å². The fourth-order valence-electron chi connectivity index (χ4n) is 2.45. The van der Waals surface area contributed by atoms with Gasteiger partial charge in [-0.3, -0.25) is 5.84 Å². The van der Waals surface area contributed by atoms with Crippen LogP contribution in [0.4, 0.5) is 4.39 Å². The van der Waals surface area contributed by atoms with Crippen molar-refractivity contribution in [1.82, 2.24) is 4.83 Å². The molecule has 0 saturated heterocycles. The molecule has 1 heterocycles. The van der Waals surface area contributed by atoms with Gasteiger partial charge in [0.25, 0.3) is 10.0 Å². The van der Waals surface area contributed by atoms with Crippen LogP contribution in [0.15, 0.2) is 47.4 Å². The Kier molecular flexibility index (Phi) is 4.16. The Hall–Kier alpha value is -2.22. The largest absolute Gasteiger partial charge is 0.493 e. The van der Waals surface area contributed by atoms with E-state index in [4.69, 9.17) is 10.6 Å². The minimum Gasteiger partial charge on any atom is -0.493 e. The second kappa shape index (κ2) is 6.11. The molecule has 5 nitrogen and oxygen atoms in total. The van der Waals surface area contributed by atoms with Crippen LogP contribution in [0.2, 0.25) is 0 Å². The Labute approximate surface area is 133 Å². The molecule has 0 aliphatic carbocycles. The number of rotatable bonds is 3. The van der Waals surface area contributed by atoms with Crippen molar-refractivity contribution in [2.45, 2.75) is 11.3 Å². The van der Waals surface area contributed by atoms with Crippen LogP contribution >= 0.6 is 0 Å². The van der Waals surface area contributed by atoms with E-state index in [0.717, 1.165) is 16.7 Å². The summed E-state index contributed by atoms with van der Waals surface area (Å²) in [5.74, 6) is 5.18. The molecule has 0 aromatic heterocycles. The summed E-state index contributed by atoms with van der Waals surface area (Å²) in [7, 11) is -3.66. The maximum atomic E-state index is 13.3. The Morgan fingerprint density at radius 1 is 1.17 bits per heavy atom. The monoisotopic (exact) mass is 334 g/mol. The second-order valence-corrected chi connectivity index (χ2v) is 6.81. The first kappa shape index (κ1) is 15.7. The second-order valence-electron chi connectivity index (χ2n) is 5.10. The number of nitrogens with one attached hydrogen (secondary N) is 1. The molecule has 0 fully saturated rings. The predicted molar refractivity (Wildman–Crippen MR) is 85.3 cm³/mol. The van der Waals surface area contributed by atoms with E-state index in [-0.39, 0.29) is 10.7 Å². The molecule has 3 N–H and O–H groups in total. The summed E-state index contributed by atoms with van der Waals surface area (Å²) in [6, 6.07) is 10.8. The minimum absolute atomic E-state index is 0.0941. The average Bonchev–Trinajstić information content (AvgIpc) is 2.55. The molecule has 1 aliphatic rings. The minimum atomic E-state index is -3.66. The van der Waals surface area contributed by atoms with E-state index in [1.54, 1.807) is 23.0 Å². The molecule has 120 valence electrons. The van der Waals surface area contributed by atoms with Gasteiger partial charge in [-0.05, 0) is 35.4 Å². The third kappa shape index (κ3) is 3.26. The Bertz CT molecular complexity index is 861. The molecule has 23 heavy (non-hydrogen) atoms. The van der Waals surface area contributed by atoms with Crippen molar-refractivity contribution in [2.75, 3.05) is 6.61 Å². The van der Waals surface area contributed by atoms with Crippen LogP contribution in [-0.4, -0.2) is 15.0 Å². The van der Waals surface area contributed by atoms with Crippen LogP contribution in [-0.2, 0) is 10.0 Å². The highest BCUT2D eigenvalue weighted by atomic mass is 32.2. The Balaban J connectivity index is 1.94. The highest BCUT2D eigenvalue weighted by molar-refractivity contribution is 7.89. The first-order valence-electron chi connectivity index (χ1n) is 6.95. The van der Waals surface area contributed by atoms with Gasteiger partial charge in [-0.15, -0.1) is 0 Å². The van der Waals surface area contributed by atoms with Crippen molar-refractivity contribution in [3.05, 3.63) is 59.4 Å². The average molecular weight is 334 g/mol. The zero-order valence-electron chi connectivity index (χ0n) is 12.1. The maximum Gasteiger partial charge on any atom is 0.253 e. The molecule has 0 bridgehead atoms. The lowest BCUT2D eigenvalue weighted by molar-refractivity contribution is 0.315. The van der Waals surface area contributed by atoms with Crippen molar-refractivity contribution >= 4 is 21.7 Å². The fraction of sp³-hybridized carbons (Fsp3) is 0.125. The smallest absolute Gasteiger partial charge is 0.253 e. The lowest BCUT2D eigenvalue weighted by atomic mass is 9.97. The number of sulfonamides is 1. The van der Waals surface area contributed by atoms with E-state index in [2.05, 4.69) is 0 Å². The molecular weight excluding hydrogens is 319 g/mol. The van der Waals surface area contributed by atoms with E-state index in [1.165, 1.54) is 24.3 Å². The zero-order chi connectivity index (χ0) is 16.4. The number of hydrazine groups is 1. The van der Waals surface area contributed by atoms with Crippen LogP contribution in [0, 0.1) is 5.82 Å². The van der Waals surface area contributed by atoms with Gasteiger partial charge in [-0.25, -0.2) is 12.8 Å². The highest BCUT2D eigenvalue weighted by Crippen LogP contribution is 2.34. The normalized spacial score (nSPS) is 16.0. The van der Waals surface area contributed by atoms with Crippen LogP contribution in [0.5, 0.6) is 5.75 Å². The van der Waals surface area contributed by atoms with Gasteiger partial charge in [0.1, 0.15) is 11.6 Å². The molecule has 0 amide bonds. The highest BCUT2D eigenvalue weighted by Gasteiger charge is 2.16. The molecular formula is C16H15FN2O3S. The summed E-state index contributed by atoms with van der Waals surface area (Å²) < 4.78 is 41.9. The van der Waals surface area contributed by atoms with E-state index in [0.29, 0.717) is 18.8 Å². The molecule has 0 unspecified atom stereocenters. The number of fused-ring (bicyclic) bond motifs is 1. The summed E-state index contributed by atoms with van der Waals surface area (Å²) in [4.78, 5) is 1.88. The number of hydrogen-bond donors (Lipinski definition) is 2. The first-order chi connectivity index (χ1) is 11.0. The molecule has 0 spiro atoms. The summed E-state index contributed by atoms with van der Waals surface area (Å²) in [6.45, 7) is 0.478. The van der Waals surface area contributed by atoms with Crippen molar-refractivity contribution < 1.29 is 17.5 Å². The van der Waals surface area contributed by atoms with Gasteiger partial charge in [0, 0.05) is 18.1 Å². The van der Waals surface area contributed by atoms with E-state index in [9.17, 15) is 12.8 Å². The van der Waals surface area contributed by atoms with Crippen molar-refractivity contribution in [2.24, 2.45) is 5.84 Å². The van der Waals surface area contributed by atoms with Gasteiger partial charge >= 0.3 is 0 Å². The predicted octanol–water partition coefficient (Wildman–Crippen LogP) is 2.30. The van der Waals surface area contributed by atoms with Crippen LogP contribution in [0.1, 0.15) is 17.5 Å². The molecule has 1 aliphatic heterocycles. The Morgan fingerprint density at radius 2 is 1.91 bits per heavy atom. The Morgan fingerprint density at radius 3 is 2.61 bits per heavy atom. The van der Waals surface area contributed by atoms with Gasteiger partial charge < -0.3 is 4.74 Å². The number of ether oxygens (including phenoxy) is 1. The number of hydrogen-bond acceptors (Lipinski definition) is 4. The molecule has 2 aromatic rings. The summed E-state index contributed by atoms with van der Waals surface area (Å²) in [5, 5.41) is 0. The number of nitrogens with two attached hydrogens (primary N) is 1. The fourth-order valence-corrected chi connectivity index (χ4v) is 3.08. The SMILES string of the molecule is NNS(=O)(=O)c1ccc(C=C2CCOc3cc(F)ccc32)cc1. The quantitative estimate of drug-likeness (QED) is 0.667. The topological polar surface area (TPSA) is 81.4 Å². The van der Waals surface area contributed by atoms with Crippen LogP contribution in [0.25, 0.3) is 11.6 Å². The zero-order valence-corrected chi connectivity index (χ0v) is 12.9. The summed E-state index contributed by atoms with van der Waals surface area (Å²) in [5.41, 5.74) is 2.70. The van der Waals surface area contributed by atoms with Crippen molar-refractivity contribution in [1.29, 1.82) is 0 Å². The summed E-state index contributed by atoms with van der Waals surface area (Å²) >= 11 is 0. The number of halogens is 1. The number of benzene rings is 2. The van der Waals surface area contributed by atoms with Gasteiger partial charge in [-0.1, -0.05) is 18.2 Å². The van der Waals surface area contributed by atoms with Crippen molar-refractivity contribution in [3.8, 4) is 5.75 Å². The molecule has 0 atom stereocenters. The molecule has 2 aromatic carbocycles. The van der Waals surface area contributed by atoms with Gasteiger partial charge in [0.05, 0.1) is 11.5 Å². The third-order valence-electron chi connectivity index (χ3n) is 3.61. The molecule has 0 saturated carbocycles. The standard InChI is InChI=1S/C16H15FN2O3S/c17-13-3-6-15-12(7-8-22-16(15)10-13)9-11-1-4-14(5-2-11)23(20,21)19-18/h1-6,9-10,19H,7-8,18H2.